The zero-order valence-corrected chi connectivity index (χ0v) is 11.7. The Balaban J connectivity index is 1.87. The maximum Gasteiger partial charge on any atom is 0.127 e. The van der Waals surface area contributed by atoms with Gasteiger partial charge in [0.2, 0.25) is 0 Å². The molecule has 1 heterocycles. The van der Waals surface area contributed by atoms with E-state index in [0.717, 1.165) is 22.5 Å². The van der Waals surface area contributed by atoms with Gasteiger partial charge in [-0.2, -0.15) is 0 Å². The van der Waals surface area contributed by atoms with E-state index in [9.17, 15) is 5.11 Å². The third-order valence-corrected chi connectivity index (χ3v) is 4.09. The van der Waals surface area contributed by atoms with Gasteiger partial charge >= 0.3 is 0 Å². The van der Waals surface area contributed by atoms with Crippen LogP contribution in [0, 0.1) is 6.92 Å². The van der Waals surface area contributed by atoms with Crippen molar-refractivity contribution in [3.05, 3.63) is 65.7 Å². The van der Waals surface area contributed by atoms with Crippen molar-refractivity contribution in [2.45, 2.75) is 13.1 Å². The van der Waals surface area contributed by atoms with Crippen LogP contribution >= 0.6 is 0 Å². The molecule has 3 nitrogen and oxygen atoms in total. The molecule has 0 amide bonds. The van der Waals surface area contributed by atoms with Gasteiger partial charge in [0.1, 0.15) is 11.9 Å². The molecule has 0 unspecified atom stereocenters. The Morgan fingerprint density at radius 2 is 1.48 bits per heavy atom. The van der Waals surface area contributed by atoms with Crippen LogP contribution in [0.2, 0.25) is 0 Å². The minimum absolute atomic E-state index is 0.133. The van der Waals surface area contributed by atoms with E-state index in [1.165, 1.54) is 10.8 Å². The zero-order valence-electron chi connectivity index (χ0n) is 11.7. The molecule has 1 aliphatic heterocycles. The molecule has 1 aliphatic rings. The van der Waals surface area contributed by atoms with Crippen LogP contribution in [0.5, 0.6) is 5.75 Å². The van der Waals surface area contributed by atoms with Gasteiger partial charge in [-0.1, -0.05) is 36.4 Å². The van der Waals surface area contributed by atoms with Crippen LogP contribution in [0.4, 0.5) is 11.4 Å². The fraction of sp³-hybridized carbons (Fsp3) is 0.111. The number of aromatic hydroxyl groups is 1. The van der Waals surface area contributed by atoms with Gasteiger partial charge < -0.3 is 15.7 Å². The number of hydrogen-bond acceptors (Lipinski definition) is 3. The van der Waals surface area contributed by atoms with Crippen molar-refractivity contribution < 1.29 is 5.11 Å². The van der Waals surface area contributed by atoms with Gasteiger partial charge in [-0.25, -0.2) is 0 Å². The second kappa shape index (κ2) is 4.42. The molecule has 104 valence electrons. The molecule has 3 N–H and O–H groups in total. The highest BCUT2D eigenvalue weighted by Gasteiger charge is 2.23. The molecule has 4 rings (SSSR count). The van der Waals surface area contributed by atoms with Crippen LogP contribution in [0.3, 0.4) is 0 Å². The van der Waals surface area contributed by atoms with Gasteiger partial charge in [-0.3, -0.25) is 0 Å². The maximum atomic E-state index is 10.2. The Morgan fingerprint density at radius 3 is 2.10 bits per heavy atom. The average molecular weight is 276 g/mol. The number of rotatable bonds is 1. The summed E-state index contributed by atoms with van der Waals surface area (Å²) in [6.45, 7) is 2.01. The van der Waals surface area contributed by atoms with Crippen LogP contribution in [-0.4, -0.2) is 5.11 Å². The van der Waals surface area contributed by atoms with Crippen LogP contribution in [0.1, 0.15) is 17.3 Å². The first kappa shape index (κ1) is 12.1. The summed E-state index contributed by atoms with van der Waals surface area (Å²) >= 11 is 0. The summed E-state index contributed by atoms with van der Waals surface area (Å²) in [6.07, 6.45) is -0.133. The van der Waals surface area contributed by atoms with Crippen molar-refractivity contribution >= 4 is 22.1 Å². The summed E-state index contributed by atoms with van der Waals surface area (Å²) in [5.74, 6) is 0.312. The predicted octanol–water partition coefficient (Wildman–Crippen LogP) is 4.39. The summed E-state index contributed by atoms with van der Waals surface area (Å²) in [5, 5.41) is 19.6. The van der Waals surface area contributed by atoms with Crippen LogP contribution in [0.15, 0.2) is 54.6 Å². The average Bonchev–Trinajstić information content (AvgIpc) is 2.47. The van der Waals surface area contributed by atoms with Crippen molar-refractivity contribution in [2.24, 2.45) is 0 Å². The summed E-state index contributed by atoms with van der Waals surface area (Å²) in [6, 6.07) is 18.1. The molecule has 0 radical (unpaired) electrons. The van der Waals surface area contributed by atoms with Crippen molar-refractivity contribution in [2.75, 3.05) is 10.6 Å². The van der Waals surface area contributed by atoms with Crippen molar-refractivity contribution in [1.82, 2.24) is 0 Å². The highest BCUT2D eigenvalue weighted by molar-refractivity contribution is 6.04. The molecule has 0 spiro atoms. The van der Waals surface area contributed by atoms with Crippen molar-refractivity contribution in [3.8, 4) is 5.75 Å². The Morgan fingerprint density at radius 1 is 0.857 bits per heavy atom. The molecule has 3 aromatic carbocycles. The number of benzene rings is 3. The molecule has 0 bridgehead atoms. The lowest BCUT2D eigenvalue weighted by atomic mass is 9.99. The van der Waals surface area contributed by atoms with Crippen molar-refractivity contribution in [1.29, 1.82) is 0 Å². The second-order valence-electron chi connectivity index (χ2n) is 5.44. The minimum atomic E-state index is -0.133. The van der Waals surface area contributed by atoms with Crippen LogP contribution in [0.25, 0.3) is 10.8 Å². The summed E-state index contributed by atoms with van der Waals surface area (Å²) in [5.41, 5.74) is 4.14. The largest absolute Gasteiger partial charge is 0.508 e. The molecule has 0 saturated heterocycles. The van der Waals surface area contributed by atoms with Gasteiger partial charge in [-0.15, -0.1) is 0 Å². The first-order valence-corrected chi connectivity index (χ1v) is 7.07. The van der Waals surface area contributed by atoms with E-state index in [1.807, 2.05) is 19.1 Å². The SMILES string of the molecule is Cc1cccc(O)c1C1Nc2cccc3cccc(c23)N1. The smallest absolute Gasteiger partial charge is 0.127 e. The Kier molecular flexibility index (Phi) is 2.54. The topological polar surface area (TPSA) is 44.3 Å². The lowest BCUT2D eigenvalue weighted by molar-refractivity contribution is 0.465. The predicted molar refractivity (Wildman–Crippen MR) is 86.8 cm³/mol. The van der Waals surface area contributed by atoms with Crippen LogP contribution < -0.4 is 10.6 Å². The van der Waals surface area contributed by atoms with E-state index in [2.05, 4.69) is 47.0 Å². The van der Waals surface area contributed by atoms with E-state index in [0.29, 0.717) is 5.75 Å². The second-order valence-corrected chi connectivity index (χ2v) is 5.44. The zero-order chi connectivity index (χ0) is 14.4. The fourth-order valence-electron chi connectivity index (χ4n) is 3.11. The molecule has 21 heavy (non-hydrogen) atoms. The number of phenolic OH excluding ortho intramolecular Hbond substituents is 1. The lowest BCUT2D eigenvalue weighted by Crippen LogP contribution is -2.24. The maximum absolute atomic E-state index is 10.2. The molecular formula is C18H16N2O. The third-order valence-electron chi connectivity index (χ3n) is 4.09. The molecule has 0 aromatic heterocycles. The number of anilines is 2. The molecule has 3 heteroatoms. The lowest BCUT2D eigenvalue weighted by Gasteiger charge is -2.31. The van der Waals surface area contributed by atoms with E-state index in [1.54, 1.807) is 6.07 Å². The van der Waals surface area contributed by atoms with E-state index in [-0.39, 0.29) is 6.17 Å². The van der Waals surface area contributed by atoms with E-state index < -0.39 is 0 Å². The fourth-order valence-corrected chi connectivity index (χ4v) is 3.11. The van der Waals surface area contributed by atoms with Crippen LogP contribution in [-0.2, 0) is 0 Å². The molecule has 0 atom stereocenters. The minimum Gasteiger partial charge on any atom is -0.508 e. The first-order valence-electron chi connectivity index (χ1n) is 7.07. The molecular weight excluding hydrogens is 260 g/mol. The Bertz CT molecular complexity index is 781. The highest BCUT2D eigenvalue weighted by atomic mass is 16.3. The first-order chi connectivity index (χ1) is 10.2. The molecule has 0 fully saturated rings. The Labute approximate surface area is 123 Å². The summed E-state index contributed by atoms with van der Waals surface area (Å²) in [4.78, 5) is 0. The number of hydrogen-bond donors (Lipinski definition) is 3. The normalized spacial score (nSPS) is 13.8. The number of nitrogens with one attached hydrogen (secondary N) is 2. The molecule has 0 saturated carbocycles. The molecule has 0 aliphatic carbocycles. The number of phenols is 1. The quantitative estimate of drug-likeness (QED) is 0.617. The Hall–Kier alpha value is -2.68. The van der Waals surface area contributed by atoms with Gasteiger partial charge in [0.05, 0.1) is 0 Å². The summed E-state index contributed by atoms with van der Waals surface area (Å²) < 4.78 is 0. The van der Waals surface area contributed by atoms with Crippen molar-refractivity contribution in [3.63, 3.8) is 0 Å². The van der Waals surface area contributed by atoms with E-state index >= 15 is 0 Å². The highest BCUT2D eigenvalue weighted by Crippen LogP contribution is 2.40. The van der Waals surface area contributed by atoms with E-state index in [4.69, 9.17) is 0 Å². The standard InChI is InChI=1S/C18H16N2O/c1-11-5-2-10-15(21)16(11)18-19-13-8-3-6-12-7-4-9-14(20-18)17(12)13/h2-10,18-21H,1H3. The molecule has 3 aromatic rings. The number of aryl methyl sites for hydroxylation is 1. The summed E-state index contributed by atoms with van der Waals surface area (Å²) in [7, 11) is 0. The van der Waals surface area contributed by atoms with Gasteiger partial charge in [-0.05, 0) is 36.1 Å². The third kappa shape index (κ3) is 1.82. The van der Waals surface area contributed by atoms with Gasteiger partial charge in [0.25, 0.3) is 0 Å². The van der Waals surface area contributed by atoms with Gasteiger partial charge in [0.15, 0.2) is 0 Å². The monoisotopic (exact) mass is 276 g/mol. The van der Waals surface area contributed by atoms with Gasteiger partial charge in [0, 0.05) is 22.3 Å².